The molecule has 0 radical (unpaired) electrons. The highest BCUT2D eigenvalue weighted by Gasteiger charge is 2.44. The van der Waals surface area contributed by atoms with Gasteiger partial charge in [-0.25, -0.2) is 0 Å². The standard InChI is InChI=1S/C10H16F3N/c11-10(12,13)9-5-7-3-1-2-4-8(7)6-14-9/h7-9,14H,1-6H2. The first-order valence-electron chi connectivity index (χ1n) is 5.37. The minimum absolute atomic E-state index is 0.300. The van der Waals surface area contributed by atoms with Crippen molar-refractivity contribution in [1.82, 2.24) is 5.32 Å². The first-order chi connectivity index (χ1) is 6.57. The lowest BCUT2D eigenvalue weighted by Gasteiger charge is -2.40. The minimum atomic E-state index is -4.05. The van der Waals surface area contributed by atoms with Gasteiger partial charge < -0.3 is 5.32 Å². The first-order valence-corrected chi connectivity index (χ1v) is 5.37. The van der Waals surface area contributed by atoms with Crippen molar-refractivity contribution in [3.8, 4) is 0 Å². The normalized spacial score (nSPS) is 39.2. The summed E-state index contributed by atoms with van der Waals surface area (Å²) in [4.78, 5) is 0. The number of fused-ring (bicyclic) bond motifs is 1. The molecule has 82 valence electrons. The van der Waals surface area contributed by atoms with Gasteiger partial charge in [0.2, 0.25) is 0 Å². The lowest BCUT2D eigenvalue weighted by atomic mass is 9.73. The van der Waals surface area contributed by atoms with Crippen molar-refractivity contribution in [2.24, 2.45) is 11.8 Å². The van der Waals surface area contributed by atoms with Gasteiger partial charge in [-0.1, -0.05) is 19.3 Å². The molecule has 1 nitrogen and oxygen atoms in total. The Morgan fingerprint density at radius 3 is 2.29 bits per heavy atom. The van der Waals surface area contributed by atoms with Crippen LogP contribution in [0.4, 0.5) is 13.2 Å². The maximum absolute atomic E-state index is 12.4. The van der Waals surface area contributed by atoms with Crippen LogP contribution in [0.1, 0.15) is 32.1 Å². The maximum Gasteiger partial charge on any atom is 0.403 e. The molecule has 0 spiro atoms. The number of halogens is 3. The van der Waals surface area contributed by atoms with Crippen LogP contribution in [-0.4, -0.2) is 18.8 Å². The van der Waals surface area contributed by atoms with Crippen molar-refractivity contribution < 1.29 is 13.2 Å². The molecule has 2 rings (SSSR count). The van der Waals surface area contributed by atoms with Gasteiger partial charge in [0.05, 0.1) is 0 Å². The van der Waals surface area contributed by atoms with Gasteiger partial charge in [0.25, 0.3) is 0 Å². The summed E-state index contributed by atoms with van der Waals surface area (Å²) < 4.78 is 37.3. The van der Waals surface area contributed by atoms with Crippen LogP contribution >= 0.6 is 0 Å². The summed E-state index contributed by atoms with van der Waals surface area (Å²) in [6.07, 6.45) is 0.670. The second kappa shape index (κ2) is 3.72. The Bertz CT molecular complexity index is 202. The molecule has 1 heterocycles. The van der Waals surface area contributed by atoms with Crippen LogP contribution in [0.2, 0.25) is 0 Å². The van der Waals surface area contributed by atoms with Crippen molar-refractivity contribution in [3.05, 3.63) is 0 Å². The Morgan fingerprint density at radius 1 is 1.00 bits per heavy atom. The molecule has 0 aromatic heterocycles. The molecule has 2 fully saturated rings. The molecule has 3 atom stereocenters. The summed E-state index contributed by atoms with van der Waals surface area (Å²) in [5.74, 6) is 0.818. The van der Waals surface area contributed by atoms with Crippen molar-refractivity contribution in [2.45, 2.75) is 44.3 Å². The first kappa shape index (κ1) is 10.3. The quantitative estimate of drug-likeness (QED) is 0.644. The van der Waals surface area contributed by atoms with Crippen LogP contribution < -0.4 is 5.32 Å². The monoisotopic (exact) mass is 207 g/mol. The maximum atomic E-state index is 12.4. The largest absolute Gasteiger partial charge is 0.403 e. The highest BCUT2D eigenvalue weighted by atomic mass is 19.4. The van der Waals surface area contributed by atoms with Gasteiger partial charge in [-0.15, -0.1) is 0 Å². The summed E-state index contributed by atoms with van der Waals surface area (Å²) in [6.45, 7) is 0.564. The number of piperidine rings is 1. The summed E-state index contributed by atoms with van der Waals surface area (Å²) in [6, 6.07) is -1.25. The lowest BCUT2D eigenvalue weighted by molar-refractivity contribution is -0.167. The number of nitrogens with one attached hydrogen (secondary N) is 1. The third kappa shape index (κ3) is 2.05. The van der Waals surface area contributed by atoms with Gasteiger partial charge in [-0.3, -0.25) is 0 Å². The van der Waals surface area contributed by atoms with Crippen LogP contribution in [0.25, 0.3) is 0 Å². The van der Waals surface area contributed by atoms with Gasteiger partial charge in [-0.2, -0.15) is 13.2 Å². The zero-order valence-electron chi connectivity index (χ0n) is 8.11. The fraction of sp³-hybridized carbons (Fsp3) is 1.00. The molecule has 0 bridgehead atoms. The number of rotatable bonds is 0. The van der Waals surface area contributed by atoms with E-state index in [1.807, 2.05) is 0 Å². The molecule has 1 aliphatic carbocycles. The van der Waals surface area contributed by atoms with Crippen LogP contribution in [-0.2, 0) is 0 Å². The molecule has 0 aromatic rings. The number of hydrogen-bond donors (Lipinski definition) is 1. The second-order valence-corrected chi connectivity index (χ2v) is 4.54. The SMILES string of the molecule is FC(F)(F)C1CC2CCCCC2CN1. The van der Waals surface area contributed by atoms with Gasteiger partial charge in [0.1, 0.15) is 6.04 Å². The Labute approximate surface area is 82.1 Å². The average molecular weight is 207 g/mol. The van der Waals surface area contributed by atoms with Gasteiger partial charge >= 0.3 is 6.18 Å². The van der Waals surface area contributed by atoms with Gasteiger partial charge in [0.15, 0.2) is 0 Å². The average Bonchev–Trinajstić information content (AvgIpc) is 2.16. The van der Waals surface area contributed by atoms with E-state index in [4.69, 9.17) is 0 Å². The van der Waals surface area contributed by atoms with E-state index in [1.54, 1.807) is 0 Å². The van der Waals surface area contributed by atoms with E-state index in [0.717, 1.165) is 19.3 Å². The van der Waals surface area contributed by atoms with Crippen molar-refractivity contribution in [3.63, 3.8) is 0 Å². The third-order valence-electron chi connectivity index (χ3n) is 3.63. The highest BCUT2D eigenvalue weighted by molar-refractivity contribution is 4.89. The van der Waals surface area contributed by atoms with Crippen LogP contribution in [0.5, 0.6) is 0 Å². The van der Waals surface area contributed by atoms with Crippen molar-refractivity contribution in [2.75, 3.05) is 6.54 Å². The molecule has 4 heteroatoms. The van der Waals surface area contributed by atoms with E-state index in [1.165, 1.54) is 6.42 Å². The third-order valence-corrected chi connectivity index (χ3v) is 3.63. The zero-order valence-corrected chi connectivity index (χ0v) is 8.11. The summed E-state index contributed by atoms with van der Waals surface area (Å²) >= 11 is 0. The summed E-state index contributed by atoms with van der Waals surface area (Å²) in [5.41, 5.74) is 0. The summed E-state index contributed by atoms with van der Waals surface area (Å²) in [7, 11) is 0. The predicted molar refractivity (Wildman–Crippen MR) is 47.9 cm³/mol. The molecule has 2 aliphatic rings. The zero-order chi connectivity index (χ0) is 10.2. The van der Waals surface area contributed by atoms with Gasteiger partial charge in [0, 0.05) is 0 Å². The fourth-order valence-corrected chi connectivity index (χ4v) is 2.79. The lowest BCUT2D eigenvalue weighted by Crippen LogP contribution is -2.51. The predicted octanol–water partition coefficient (Wildman–Crippen LogP) is 2.72. The van der Waals surface area contributed by atoms with Crippen LogP contribution in [0, 0.1) is 11.8 Å². The molecule has 1 aliphatic heterocycles. The Balaban J connectivity index is 1.96. The van der Waals surface area contributed by atoms with E-state index >= 15 is 0 Å². The molecule has 0 aromatic carbocycles. The Morgan fingerprint density at radius 2 is 1.64 bits per heavy atom. The minimum Gasteiger partial charge on any atom is -0.306 e. The smallest absolute Gasteiger partial charge is 0.306 e. The Hall–Kier alpha value is -0.250. The topological polar surface area (TPSA) is 12.0 Å². The molecular formula is C10H16F3N. The van der Waals surface area contributed by atoms with E-state index in [-0.39, 0.29) is 0 Å². The summed E-state index contributed by atoms with van der Waals surface area (Å²) in [5, 5.41) is 2.63. The highest BCUT2D eigenvalue weighted by Crippen LogP contribution is 2.38. The molecule has 0 amide bonds. The molecule has 1 saturated heterocycles. The molecule has 1 N–H and O–H groups in total. The number of hydrogen-bond acceptors (Lipinski definition) is 1. The van der Waals surface area contributed by atoms with E-state index in [0.29, 0.717) is 24.8 Å². The number of alkyl halides is 3. The molecular weight excluding hydrogens is 191 g/mol. The molecule has 3 unspecified atom stereocenters. The van der Waals surface area contributed by atoms with Crippen molar-refractivity contribution >= 4 is 0 Å². The molecule has 1 saturated carbocycles. The fourth-order valence-electron chi connectivity index (χ4n) is 2.79. The van der Waals surface area contributed by atoms with Gasteiger partial charge in [-0.05, 0) is 31.2 Å². The van der Waals surface area contributed by atoms with E-state index in [9.17, 15) is 13.2 Å². The van der Waals surface area contributed by atoms with E-state index < -0.39 is 12.2 Å². The Kier molecular flexibility index (Phi) is 2.73. The molecule has 14 heavy (non-hydrogen) atoms. The van der Waals surface area contributed by atoms with E-state index in [2.05, 4.69) is 5.32 Å². The van der Waals surface area contributed by atoms with Crippen LogP contribution in [0.15, 0.2) is 0 Å². The second-order valence-electron chi connectivity index (χ2n) is 4.54. The van der Waals surface area contributed by atoms with Crippen LogP contribution in [0.3, 0.4) is 0 Å². The van der Waals surface area contributed by atoms with Crippen molar-refractivity contribution in [1.29, 1.82) is 0 Å².